The molecule has 0 bridgehead atoms. The Bertz CT molecular complexity index is 1470. The molecule has 33 heavy (non-hydrogen) atoms. The molecule has 4 rings (SSSR count). The van der Waals surface area contributed by atoms with E-state index in [9.17, 15) is 9.18 Å². The van der Waals surface area contributed by atoms with Gasteiger partial charge < -0.3 is 10.3 Å². The lowest BCUT2D eigenvalue weighted by Crippen LogP contribution is -2.29. The summed E-state index contributed by atoms with van der Waals surface area (Å²) in [6.45, 7) is 5.55. The standard InChI is InChI=1S/C22H18Cl2FN7O/c1-3-5-14(24)17(9-23)32-21(31-16-7-6-12(25)8-13(16)22(32)33)15(4-2)30-20-18-19(27-10-26-18)28-11-29-20/h3,5-11,15H,1,4H2,2H3,(H2,26,27,28,29,30). The zero-order valence-electron chi connectivity index (χ0n) is 17.4. The maximum absolute atomic E-state index is 13.9. The van der Waals surface area contributed by atoms with Crippen LogP contribution in [0.5, 0.6) is 0 Å². The van der Waals surface area contributed by atoms with Gasteiger partial charge in [-0.2, -0.15) is 0 Å². The van der Waals surface area contributed by atoms with Crippen molar-refractivity contribution < 1.29 is 4.39 Å². The molecule has 1 atom stereocenters. The lowest BCUT2D eigenvalue weighted by molar-refractivity contribution is 0.628. The monoisotopic (exact) mass is 485 g/mol. The molecule has 2 N–H and O–H groups in total. The lowest BCUT2D eigenvalue weighted by Gasteiger charge is -2.23. The average molecular weight is 486 g/mol. The van der Waals surface area contributed by atoms with E-state index >= 15 is 0 Å². The van der Waals surface area contributed by atoms with Gasteiger partial charge in [0, 0.05) is 5.54 Å². The Morgan fingerprint density at radius 2 is 2.18 bits per heavy atom. The Hall–Kier alpha value is -3.56. The van der Waals surface area contributed by atoms with Crippen molar-refractivity contribution in [1.82, 2.24) is 29.5 Å². The third-order valence-corrected chi connectivity index (χ3v) is 5.49. The molecule has 0 amide bonds. The minimum absolute atomic E-state index is 0.0886. The summed E-state index contributed by atoms with van der Waals surface area (Å²) in [7, 11) is 0. The average Bonchev–Trinajstić information content (AvgIpc) is 3.30. The molecule has 8 nitrogen and oxygen atoms in total. The van der Waals surface area contributed by atoms with Crippen LogP contribution in [-0.4, -0.2) is 29.5 Å². The molecule has 0 radical (unpaired) electrons. The largest absolute Gasteiger partial charge is 0.358 e. The maximum atomic E-state index is 13.9. The number of anilines is 1. The van der Waals surface area contributed by atoms with E-state index in [4.69, 9.17) is 23.2 Å². The number of hydrogen-bond donors (Lipinski definition) is 2. The highest BCUT2D eigenvalue weighted by Gasteiger charge is 2.24. The number of aromatic amines is 1. The number of rotatable bonds is 7. The van der Waals surface area contributed by atoms with E-state index in [1.165, 1.54) is 47.0 Å². The van der Waals surface area contributed by atoms with Crippen LogP contribution in [0.4, 0.5) is 10.2 Å². The van der Waals surface area contributed by atoms with Gasteiger partial charge in [0.2, 0.25) is 0 Å². The van der Waals surface area contributed by atoms with Gasteiger partial charge in [0.1, 0.15) is 23.5 Å². The number of imidazole rings is 1. The molecule has 3 heterocycles. The SMILES string of the molecule is C=CC=C(Cl)C(=CCl)n1c(C(CC)Nc2ncnc3nc[nH]c23)nc2ccc(F)cc2c1=O. The number of aromatic nitrogens is 6. The highest BCUT2D eigenvalue weighted by molar-refractivity contribution is 6.39. The molecular weight excluding hydrogens is 468 g/mol. The van der Waals surface area contributed by atoms with E-state index in [1.54, 1.807) is 0 Å². The highest BCUT2D eigenvalue weighted by atomic mass is 35.5. The van der Waals surface area contributed by atoms with E-state index in [0.717, 1.165) is 6.07 Å². The Balaban J connectivity index is 1.97. The third kappa shape index (κ3) is 4.24. The summed E-state index contributed by atoms with van der Waals surface area (Å²) in [4.78, 5) is 33.8. The van der Waals surface area contributed by atoms with Crippen LogP contribution < -0.4 is 10.9 Å². The van der Waals surface area contributed by atoms with E-state index in [1.807, 2.05) is 6.92 Å². The Morgan fingerprint density at radius 3 is 2.91 bits per heavy atom. The summed E-state index contributed by atoms with van der Waals surface area (Å²) < 4.78 is 15.2. The number of fused-ring (bicyclic) bond motifs is 2. The second kappa shape index (κ2) is 9.51. The van der Waals surface area contributed by atoms with Gasteiger partial charge >= 0.3 is 0 Å². The van der Waals surface area contributed by atoms with Gasteiger partial charge in [-0.25, -0.2) is 24.3 Å². The molecule has 0 saturated carbocycles. The van der Waals surface area contributed by atoms with Gasteiger partial charge in [-0.3, -0.25) is 9.36 Å². The van der Waals surface area contributed by atoms with Crippen LogP contribution in [0.2, 0.25) is 0 Å². The van der Waals surface area contributed by atoms with Gasteiger partial charge in [0.25, 0.3) is 5.56 Å². The Kier molecular flexibility index (Phi) is 6.52. The number of nitrogens with zero attached hydrogens (tertiary/aromatic N) is 5. The second-order valence-electron chi connectivity index (χ2n) is 6.95. The fraction of sp³-hybridized carbons (Fsp3) is 0.136. The Labute approximate surface area is 197 Å². The summed E-state index contributed by atoms with van der Waals surface area (Å²) >= 11 is 12.5. The zero-order valence-corrected chi connectivity index (χ0v) is 18.9. The summed E-state index contributed by atoms with van der Waals surface area (Å²) in [6.07, 6.45) is 6.37. The first-order valence-corrected chi connectivity index (χ1v) is 10.7. The molecule has 0 aliphatic heterocycles. The van der Waals surface area contributed by atoms with Crippen LogP contribution in [0.15, 0.2) is 64.9 Å². The molecule has 0 aliphatic rings. The van der Waals surface area contributed by atoms with Crippen molar-refractivity contribution in [2.24, 2.45) is 0 Å². The van der Waals surface area contributed by atoms with Crippen LogP contribution in [0.1, 0.15) is 25.2 Å². The van der Waals surface area contributed by atoms with Crippen LogP contribution in [0.25, 0.3) is 27.8 Å². The molecular formula is C22H18Cl2FN7O. The minimum Gasteiger partial charge on any atom is -0.358 e. The summed E-state index contributed by atoms with van der Waals surface area (Å²) in [5, 5.41) is 3.55. The van der Waals surface area contributed by atoms with E-state index in [2.05, 4.69) is 36.8 Å². The first kappa shape index (κ1) is 22.6. The van der Waals surface area contributed by atoms with Crippen molar-refractivity contribution >= 4 is 56.8 Å². The minimum atomic E-state index is -0.558. The number of H-pyrrole nitrogens is 1. The molecule has 168 valence electrons. The van der Waals surface area contributed by atoms with Crippen molar-refractivity contribution in [3.63, 3.8) is 0 Å². The van der Waals surface area contributed by atoms with Crippen LogP contribution in [0.3, 0.4) is 0 Å². The smallest absolute Gasteiger partial charge is 0.266 e. The van der Waals surface area contributed by atoms with Crippen LogP contribution >= 0.6 is 23.2 Å². The van der Waals surface area contributed by atoms with Crippen LogP contribution in [0, 0.1) is 5.82 Å². The molecule has 0 aliphatic carbocycles. The molecule has 3 aromatic heterocycles. The molecule has 0 saturated heterocycles. The molecule has 11 heteroatoms. The molecule has 0 fully saturated rings. The number of benzene rings is 1. The van der Waals surface area contributed by atoms with E-state index in [-0.39, 0.29) is 16.1 Å². The number of nitrogens with one attached hydrogen (secondary N) is 2. The third-order valence-electron chi connectivity index (χ3n) is 4.96. The summed E-state index contributed by atoms with van der Waals surface area (Å²) in [6, 6.07) is 3.33. The molecule has 1 unspecified atom stereocenters. The topological polar surface area (TPSA) is 101 Å². The number of hydrogen-bond acceptors (Lipinski definition) is 6. The maximum Gasteiger partial charge on any atom is 0.266 e. The predicted molar refractivity (Wildman–Crippen MR) is 129 cm³/mol. The molecule has 1 aromatic carbocycles. The number of halogens is 3. The fourth-order valence-corrected chi connectivity index (χ4v) is 3.93. The quantitative estimate of drug-likeness (QED) is 0.352. The fourth-order valence-electron chi connectivity index (χ4n) is 3.43. The van der Waals surface area contributed by atoms with Gasteiger partial charge in [-0.05, 0) is 30.7 Å². The van der Waals surface area contributed by atoms with Crippen LogP contribution in [-0.2, 0) is 0 Å². The van der Waals surface area contributed by atoms with E-state index in [0.29, 0.717) is 34.7 Å². The normalized spacial score (nSPS) is 13.5. The number of allylic oxidation sites excluding steroid dienone is 4. The van der Waals surface area contributed by atoms with Crippen molar-refractivity contribution in [3.8, 4) is 0 Å². The zero-order chi connectivity index (χ0) is 23.5. The molecule has 0 spiro atoms. The highest BCUT2D eigenvalue weighted by Crippen LogP contribution is 2.29. The van der Waals surface area contributed by atoms with Gasteiger partial charge in [-0.1, -0.05) is 42.8 Å². The molecule has 4 aromatic rings. The first-order chi connectivity index (χ1) is 16.0. The van der Waals surface area contributed by atoms with Crippen molar-refractivity contribution in [2.75, 3.05) is 5.32 Å². The van der Waals surface area contributed by atoms with Gasteiger partial charge in [0.05, 0.1) is 34.0 Å². The first-order valence-electron chi connectivity index (χ1n) is 9.90. The second-order valence-corrected chi connectivity index (χ2v) is 7.57. The predicted octanol–water partition coefficient (Wildman–Crippen LogP) is 5.11. The lowest BCUT2D eigenvalue weighted by atomic mass is 10.1. The summed E-state index contributed by atoms with van der Waals surface area (Å²) in [5.74, 6) is 0.238. The van der Waals surface area contributed by atoms with Crippen molar-refractivity contribution in [2.45, 2.75) is 19.4 Å². The van der Waals surface area contributed by atoms with Gasteiger partial charge in [-0.15, -0.1) is 0 Å². The van der Waals surface area contributed by atoms with Crippen molar-refractivity contribution in [3.05, 3.63) is 82.1 Å². The van der Waals surface area contributed by atoms with Crippen molar-refractivity contribution in [1.29, 1.82) is 0 Å². The van der Waals surface area contributed by atoms with Gasteiger partial charge in [0.15, 0.2) is 11.5 Å². The summed E-state index contributed by atoms with van der Waals surface area (Å²) in [5.41, 5.74) is 2.24. The van der Waals surface area contributed by atoms with E-state index < -0.39 is 17.4 Å². The Morgan fingerprint density at radius 1 is 1.36 bits per heavy atom.